The van der Waals surface area contributed by atoms with Crippen LogP contribution < -0.4 is 16.0 Å². The number of amides is 2. The first-order valence-electron chi connectivity index (χ1n) is 9.62. The molecule has 12 heteroatoms. The van der Waals surface area contributed by atoms with E-state index in [0.29, 0.717) is 5.13 Å². The minimum Gasteiger partial charge on any atom is -0.468 e. The number of esters is 1. The minimum atomic E-state index is -3.94. The van der Waals surface area contributed by atoms with E-state index in [1.807, 2.05) is 0 Å². The van der Waals surface area contributed by atoms with Gasteiger partial charge in [0.05, 0.1) is 34.7 Å². The number of carbonyl (C=O) groups excluding carboxylic acids is 3. The van der Waals surface area contributed by atoms with Gasteiger partial charge in [-0.1, -0.05) is 12.1 Å². The van der Waals surface area contributed by atoms with Crippen LogP contribution in [0.15, 0.2) is 58.5 Å². The summed E-state index contributed by atoms with van der Waals surface area (Å²) in [5.74, 6) is -1.45. The van der Waals surface area contributed by atoms with Gasteiger partial charge in [-0.2, -0.15) is 0 Å². The maximum atomic E-state index is 13.0. The van der Waals surface area contributed by atoms with Crippen LogP contribution in [0, 0.1) is 0 Å². The Bertz CT molecular complexity index is 1370. The molecule has 2 heterocycles. The lowest BCUT2D eigenvalue weighted by Crippen LogP contribution is -2.22. The Kier molecular flexibility index (Phi) is 6.11. The molecular formula is C21H18N4O6S2. The van der Waals surface area contributed by atoms with Crippen molar-refractivity contribution in [2.24, 2.45) is 0 Å². The minimum absolute atomic E-state index is 0.0244. The zero-order chi connectivity index (χ0) is 23.6. The van der Waals surface area contributed by atoms with Gasteiger partial charge < -0.3 is 20.7 Å². The number of aromatic nitrogens is 1. The highest BCUT2D eigenvalue weighted by atomic mass is 32.2. The summed E-state index contributed by atoms with van der Waals surface area (Å²) in [6, 6.07) is 9.98. The standard InChI is InChI=1S/C21H18N4O6S2/c1-31-18(26)11-24-21-23-10-13(32-21)9-22-19(27)12-6-7-17-15(8-12)25-20(28)14-4-2-3-5-16(14)33(17,29)30/h2-8,10H,9,11H2,1H3,(H,22,27)(H,23,24)(H,25,28). The number of hydrogen-bond acceptors (Lipinski definition) is 9. The van der Waals surface area contributed by atoms with Gasteiger partial charge in [0.15, 0.2) is 5.13 Å². The molecule has 0 spiro atoms. The number of sulfone groups is 1. The molecule has 2 aromatic carbocycles. The Labute approximate surface area is 192 Å². The third-order valence-electron chi connectivity index (χ3n) is 4.79. The molecule has 1 aliphatic heterocycles. The highest BCUT2D eigenvalue weighted by molar-refractivity contribution is 7.91. The van der Waals surface area contributed by atoms with E-state index in [1.54, 1.807) is 18.3 Å². The van der Waals surface area contributed by atoms with E-state index in [-0.39, 0.29) is 39.7 Å². The number of carbonyl (C=O) groups is 3. The Morgan fingerprint density at radius 1 is 1.15 bits per heavy atom. The SMILES string of the molecule is COC(=O)CNc1ncc(CNC(=O)c2ccc3c(c2)NC(=O)c2ccccc2S3(=O)=O)s1. The molecule has 0 radical (unpaired) electrons. The number of nitrogens with one attached hydrogen (secondary N) is 3. The van der Waals surface area contributed by atoms with Crippen molar-refractivity contribution in [2.75, 3.05) is 24.3 Å². The van der Waals surface area contributed by atoms with Crippen LogP contribution in [0.4, 0.5) is 10.8 Å². The second-order valence-corrected chi connectivity index (χ2v) is 9.91. The van der Waals surface area contributed by atoms with Crippen molar-refractivity contribution in [3.63, 3.8) is 0 Å². The predicted octanol–water partition coefficient (Wildman–Crippen LogP) is 2.06. The number of benzene rings is 2. The molecule has 0 aliphatic carbocycles. The number of hydrogen-bond donors (Lipinski definition) is 3. The number of nitrogens with zero attached hydrogens (tertiary/aromatic N) is 1. The zero-order valence-corrected chi connectivity index (χ0v) is 18.9. The Morgan fingerprint density at radius 3 is 2.73 bits per heavy atom. The monoisotopic (exact) mass is 486 g/mol. The van der Waals surface area contributed by atoms with Gasteiger partial charge in [-0.05, 0) is 30.3 Å². The van der Waals surface area contributed by atoms with E-state index in [4.69, 9.17) is 0 Å². The number of methoxy groups -OCH3 is 1. The molecule has 10 nitrogen and oxygen atoms in total. The predicted molar refractivity (Wildman–Crippen MR) is 120 cm³/mol. The van der Waals surface area contributed by atoms with Crippen molar-refractivity contribution in [2.45, 2.75) is 16.3 Å². The van der Waals surface area contributed by atoms with Gasteiger partial charge in [0.25, 0.3) is 11.8 Å². The molecule has 0 fully saturated rings. The van der Waals surface area contributed by atoms with Crippen LogP contribution in [0.2, 0.25) is 0 Å². The van der Waals surface area contributed by atoms with E-state index in [0.717, 1.165) is 4.88 Å². The Morgan fingerprint density at radius 2 is 1.94 bits per heavy atom. The average Bonchev–Trinajstić information content (AvgIpc) is 3.25. The summed E-state index contributed by atoms with van der Waals surface area (Å²) in [5.41, 5.74) is 0.265. The molecule has 1 aliphatic rings. The summed E-state index contributed by atoms with van der Waals surface area (Å²) in [4.78, 5) is 41.1. The van der Waals surface area contributed by atoms with Crippen molar-refractivity contribution in [1.29, 1.82) is 0 Å². The number of thiazole rings is 1. The molecule has 1 aromatic heterocycles. The highest BCUT2D eigenvalue weighted by Gasteiger charge is 2.31. The number of fused-ring (bicyclic) bond motifs is 2. The Balaban J connectivity index is 1.49. The van der Waals surface area contributed by atoms with Crippen LogP contribution in [0.5, 0.6) is 0 Å². The molecule has 0 bridgehead atoms. The lowest BCUT2D eigenvalue weighted by molar-refractivity contribution is -0.138. The lowest BCUT2D eigenvalue weighted by Gasteiger charge is -2.10. The fourth-order valence-corrected chi connectivity index (χ4v) is 5.50. The molecule has 0 atom stereocenters. The van der Waals surface area contributed by atoms with Gasteiger partial charge in [0.1, 0.15) is 6.54 Å². The van der Waals surface area contributed by atoms with Crippen LogP contribution in [0.25, 0.3) is 0 Å². The molecular weight excluding hydrogens is 468 g/mol. The first kappa shape index (κ1) is 22.4. The number of anilines is 2. The van der Waals surface area contributed by atoms with Gasteiger partial charge >= 0.3 is 5.97 Å². The highest BCUT2D eigenvalue weighted by Crippen LogP contribution is 2.34. The third kappa shape index (κ3) is 4.56. The molecule has 4 rings (SSSR count). The number of ether oxygens (including phenoxy) is 1. The summed E-state index contributed by atoms with van der Waals surface area (Å²) < 4.78 is 30.6. The molecule has 2 amide bonds. The molecule has 0 saturated carbocycles. The fraction of sp³-hybridized carbons (Fsp3) is 0.143. The quantitative estimate of drug-likeness (QED) is 0.449. The van der Waals surface area contributed by atoms with Gasteiger partial charge in [0, 0.05) is 16.6 Å². The summed E-state index contributed by atoms with van der Waals surface area (Å²) >= 11 is 1.26. The second kappa shape index (κ2) is 9.00. The summed E-state index contributed by atoms with van der Waals surface area (Å²) in [5, 5.41) is 8.63. The molecule has 0 unspecified atom stereocenters. The molecule has 33 heavy (non-hydrogen) atoms. The second-order valence-electron chi connectivity index (χ2n) is 6.91. The van der Waals surface area contributed by atoms with Gasteiger partial charge in [-0.15, -0.1) is 11.3 Å². The van der Waals surface area contributed by atoms with Gasteiger partial charge in [0.2, 0.25) is 9.84 Å². The van der Waals surface area contributed by atoms with Gasteiger partial charge in [-0.25, -0.2) is 13.4 Å². The van der Waals surface area contributed by atoms with E-state index in [2.05, 4.69) is 25.7 Å². The first-order valence-corrected chi connectivity index (χ1v) is 11.9. The van der Waals surface area contributed by atoms with E-state index < -0.39 is 27.6 Å². The molecule has 170 valence electrons. The zero-order valence-electron chi connectivity index (χ0n) is 17.2. The topological polar surface area (TPSA) is 144 Å². The van der Waals surface area contributed by atoms with Crippen molar-refractivity contribution < 1.29 is 27.5 Å². The Hall–Kier alpha value is -3.77. The van der Waals surface area contributed by atoms with E-state index in [1.165, 1.54) is 48.8 Å². The van der Waals surface area contributed by atoms with Crippen LogP contribution >= 0.6 is 11.3 Å². The summed E-state index contributed by atoms with van der Waals surface area (Å²) in [6.07, 6.45) is 1.56. The lowest BCUT2D eigenvalue weighted by atomic mass is 10.1. The number of rotatable bonds is 6. The van der Waals surface area contributed by atoms with Crippen LogP contribution in [0.3, 0.4) is 0 Å². The third-order valence-corrected chi connectivity index (χ3v) is 7.61. The fourth-order valence-electron chi connectivity index (χ4n) is 3.16. The smallest absolute Gasteiger partial charge is 0.325 e. The summed E-state index contributed by atoms with van der Waals surface area (Å²) in [6.45, 7) is 0.146. The van der Waals surface area contributed by atoms with Crippen LogP contribution in [-0.4, -0.2) is 44.8 Å². The average molecular weight is 487 g/mol. The van der Waals surface area contributed by atoms with Crippen LogP contribution in [0.1, 0.15) is 25.6 Å². The maximum absolute atomic E-state index is 13.0. The van der Waals surface area contributed by atoms with Gasteiger partial charge in [-0.3, -0.25) is 14.4 Å². The normalized spacial score (nSPS) is 13.7. The first-order chi connectivity index (χ1) is 15.8. The van der Waals surface area contributed by atoms with Crippen molar-refractivity contribution in [3.8, 4) is 0 Å². The molecule has 0 saturated heterocycles. The van der Waals surface area contributed by atoms with Crippen molar-refractivity contribution in [1.82, 2.24) is 10.3 Å². The molecule has 3 aromatic rings. The van der Waals surface area contributed by atoms with Crippen LogP contribution in [-0.2, 0) is 25.9 Å². The van der Waals surface area contributed by atoms with Crippen molar-refractivity contribution in [3.05, 3.63) is 64.7 Å². The molecule has 3 N–H and O–H groups in total. The maximum Gasteiger partial charge on any atom is 0.325 e. The van der Waals surface area contributed by atoms with Crippen molar-refractivity contribution >= 4 is 49.8 Å². The van der Waals surface area contributed by atoms with E-state index >= 15 is 0 Å². The largest absolute Gasteiger partial charge is 0.468 e. The summed E-state index contributed by atoms with van der Waals surface area (Å²) in [7, 11) is -2.65. The van der Waals surface area contributed by atoms with E-state index in [9.17, 15) is 22.8 Å².